The first-order valence-electron chi connectivity index (χ1n) is 6.94. The molecule has 0 atom stereocenters. The second kappa shape index (κ2) is 6.00. The Bertz CT molecular complexity index is 439. The summed E-state index contributed by atoms with van der Waals surface area (Å²) < 4.78 is 13.9. The maximum Gasteiger partial charge on any atom is 0.127 e. The summed E-state index contributed by atoms with van der Waals surface area (Å²) in [6, 6.07) is 6.89. The highest BCUT2D eigenvalue weighted by molar-refractivity contribution is 5.34. The molecule has 2 heteroatoms. The lowest BCUT2D eigenvalue weighted by Crippen LogP contribution is -2.14. The fraction of sp³-hybridized carbons (Fsp3) is 0.562. The highest BCUT2D eigenvalue weighted by Gasteiger charge is 2.23. The van der Waals surface area contributed by atoms with Crippen molar-refractivity contribution < 1.29 is 4.39 Å². The van der Waals surface area contributed by atoms with E-state index in [0.717, 1.165) is 24.3 Å². The lowest BCUT2D eigenvalue weighted by Gasteiger charge is -2.28. The SMILES string of the molecule is CCC[C@H]1CC[C@H](c2ccc(C#N)cc2F)CC1. The molecule has 0 heterocycles. The molecule has 96 valence electrons. The maximum absolute atomic E-state index is 13.9. The number of hydrogen-bond donors (Lipinski definition) is 0. The average Bonchev–Trinajstić information content (AvgIpc) is 2.40. The Kier molecular flexibility index (Phi) is 4.36. The summed E-state index contributed by atoms with van der Waals surface area (Å²) in [5.41, 5.74) is 1.22. The van der Waals surface area contributed by atoms with E-state index in [0.29, 0.717) is 11.5 Å². The molecule has 0 radical (unpaired) electrons. The molecule has 0 saturated heterocycles. The number of halogens is 1. The molecule has 0 aliphatic heterocycles. The average molecular weight is 245 g/mol. The van der Waals surface area contributed by atoms with Crippen molar-refractivity contribution >= 4 is 0 Å². The van der Waals surface area contributed by atoms with Gasteiger partial charge in [0.25, 0.3) is 0 Å². The number of nitrogens with zero attached hydrogens (tertiary/aromatic N) is 1. The number of rotatable bonds is 3. The zero-order chi connectivity index (χ0) is 13.0. The van der Waals surface area contributed by atoms with Crippen LogP contribution in [0.25, 0.3) is 0 Å². The summed E-state index contributed by atoms with van der Waals surface area (Å²) in [7, 11) is 0. The van der Waals surface area contributed by atoms with E-state index < -0.39 is 0 Å². The van der Waals surface area contributed by atoms with Crippen molar-refractivity contribution in [2.24, 2.45) is 5.92 Å². The van der Waals surface area contributed by atoms with Gasteiger partial charge in [-0.3, -0.25) is 0 Å². The smallest absolute Gasteiger partial charge is 0.127 e. The molecule has 0 aromatic heterocycles. The van der Waals surface area contributed by atoms with Gasteiger partial charge in [-0.1, -0.05) is 25.8 Å². The summed E-state index contributed by atoms with van der Waals surface area (Å²) >= 11 is 0. The van der Waals surface area contributed by atoms with Gasteiger partial charge in [-0.15, -0.1) is 0 Å². The highest BCUT2D eigenvalue weighted by Crippen LogP contribution is 2.38. The number of nitriles is 1. The van der Waals surface area contributed by atoms with Crippen LogP contribution in [0.4, 0.5) is 4.39 Å². The van der Waals surface area contributed by atoms with Crippen LogP contribution in [0.3, 0.4) is 0 Å². The summed E-state index contributed by atoms with van der Waals surface area (Å²) in [6.07, 6.45) is 7.18. The fourth-order valence-corrected chi connectivity index (χ4v) is 3.10. The predicted octanol–water partition coefficient (Wildman–Crippen LogP) is 4.77. The Balaban J connectivity index is 2.04. The lowest BCUT2D eigenvalue weighted by atomic mass is 9.77. The molecule has 1 saturated carbocycles. The van der Waals surface area contributed by atoms with Crippen LogP contribution in [-0.4, -0.2) is 0 Å². The van der Waals surface area contributed by atoms with Crippen molar-refractivity contribution in [2.45, 2.75) is 51.4 Å². The molecule has 0 spiro atoms. The van der Waals surface area contributed by atoms with E-state index in [4.69, 9.17) is 5.26 Å². The van der Waals surface area contributed by atoms with Crippen molar-refractivity contribution in [2.75, 3.05) is 0 Å². The molecule has 1 aliphatic rings. The summed E-state index contributed by atoms with van der Waals surface area (Å²) in [5, 5.41) is 8.74. The Labute approximate surface area is 109 Å². The zero-order valence-corrected chi connectivity index (χ0v) is 11.0. The van der Waals surface area contributed by atoms with E-state index in [1.807, 2.05) is 6.07 Å². The third-order valence-corrected chi connectivity index (χ3v) is 4.11. The monoisotopic (exact) mass is 245 g/mol. The van der Waals surface area contributed by atoms with E-state index in [9.17, 15) is 4.39 Å². The van der Waals surface area contributed by atoms with Gasteiger partial charge in [-0.2, -0.15) is 5.26 Å². The van der Waals surface area contributed by atoms with Crippen molar-refractivity contribution in [3.63, 3.8) is 0 Å². The van der Waals surface area contributed by atoms with Crippen LogP contribution in [0.2, 0.25) is 0 Å². The lowest BCUT2D eigenvalue weighted by molar-refractivity contribution is 0.304. The van der Waals surface area contributed by atoms with Crippen LogP contribution in [0.15, 0.2) is 18.2 Å². The van der Waals surface area contributed by atoms with E-state index in [-0.39, 0.29) is 5.82 Å². The summed E-state index contributed by atoms with van der Waals surface area (Å²) in [5.74, 6) is 0.992. The predicted molar refractivity (Wildman–Crippen MR) is 70.7 cm³/mol. The van der Waals surface area contributed by atoms with Crippen LogP contribution in [-0.2, 0) is 0 Å². The Morgan fingerprint density at radius 2 is 2.00 bits per heavy atom. The van der Waals surface area contributed by atoms with Crippen molar-refractivity contribution in [3.05, 3.63) is 35.1 Å². The standard InChI is InChI=1S/C16H20FN/c1-2-3-12-4-7-14(8-5-12)15-9-6-13(11-18)10-16(15)17/h6,9-10,12,14H,2-5,7-8H2,1H3/t12-,14-. The number of benzene rings is 1. The quantitative estimate of drug-likeness (QED) is 0.752. The zero-order valence-electron chi connectivity index (χ0n) is 11.0. The number of hydrogen-bond acceptors (Lipinski definition) is 1. The van der Waals surface area contributed by atoms with Crippen molar-refractivity contribution in [3.8, 4) is 6.07 Å². The third-order valence-electron chi connectivity index (χ3n) is 4.11. The molecule has 0 N–H and O–H groups in total. The van der Waals surface area contributed by atoms with Crippen LogP contribution in [0.5, 0.6) is 0 Å². The minimum absolute atomic E-state index is 0.201. The Morgan fingerprint density at radius 1 is 1.28 bits per heavy atom. The van der Waals surface area contributed by atoms with Gasteiger partial charge in [0, 0.05) is 0 Å². The molecule has 1 aliphatic carbocycles. The first kappa shape index (κ1) is 13.1. The van der Waals surface area contributed by atoms with Gasteiger partial charge in [0.2, 0.25) is 0 Å². The van der Waals surface area contributed by atoms with E-state index in [1.54, 1.807) is 12.1 Å². The molecule has 1 aromatic carbocycles. The molecule has 18 heavy (non-hydrogen) atoms. The second-order valence-corrected chi connectivity index (χ2v) is 5.35. The van der Waals surface area contributed by atoms with Gasteiger partial charge < -0.3 is 0 Å². The maximum atomic E-state index is 13.9. The first-order valence-corrected chi connectivity index (χ1v) is 6.94. The molecule has 0 unspecified atom stereocenters. The van der Waals surface area contributed by atoms with Crippen LogP contribution < -0.4 is 0 Å². The van der Waals surface area contributed by atoms with Gasteiger partial charge in [0.05, 0.1) is 11.6 Å². The molecule has 2 rings (SSSR count). The molecular formula is C16H20FN. The van der Waals surface area contributed by atoms with E-state index in [1.165, 1.54) is 31.7 Å². The molecular weight excluding hydrogens is 225 g/mol. The molecule has 0 bridgehead atoms. The van der Waals surface area contributed by atoms with E-state index >= 15 is 0 Å². The first-order chi connectivity index (χ1) is 8.74. The largest absolute Gasteiger partial charge is 0.207 e. The molecule has 1 nitrogen and oxygen atoms in total. The van der Waals surface area contributed by atoms with E-state index in [2.05, 4.69) is 6.92 Å². The Morgan fingerprint density at radius 3 is 2.56 bits per heavy atom. The molecule has 1 aromatic rings. The van der Waals surface area contributed by atoms with Gasteiger partial charge in [-0.05, 0) is 55.2 Å². The minimum Gasteiger partial charge on any atom is -0.207 e. The third kappa shape index (κ3) is 2.90. The van der Waals surface area contributed by atoms with Crippen molar-refractivity contribution in [1.29, 1.82) is 5.26 Å². The van der Waals surface area contributed by atoms with Gasteiger partial charge in [0.1, 0.15) is 5.82 Å². The molecule has 1 fully saturated rings. The summed E-state index contributed by atoms with van der Waals surface area (Å²) in [4.78, 5) is 0. The van der Waals surface area contributed by atoms with Crippen LogP contribution in [0.1, 0.15) is 62.5 Å². The normalized spacial score (nSPS) is 23.6. The van der Waals surface area contributed by atoms with Gasteiger partial charge in [0.15, 0.2) is 0 Å². The van der Waals surface area contributed by atoms with Gasteiger partial charge in [-0.25, -0.2) is 4.39 Å². The fourth-order valence-electron chi connectivity index (χ4n) is 3.10. The Hall–Kier alpha value is -1.36. The van der Waals surface area contributed by atoms with Crippen LogP contribution in [0, 0.1) is 23.1 Å². The highest BCUT2D eigenvalue weighted by atomic mass is 19.1. The van der Waals surface area contributed by atoms with Gasteiger partial charge >= 0.3 is 0 Å². The second-order valence-electron chi connectivity index (χ2n) is 5.35. The topological polar surface area (TPSA) is 23.8 Å². The summed E-state index contributed by atoms with van der Waals surface area (Å²) in [6.45, 7) is 2.23. The minimum atomic E-state index is -0.201. The van der Waals surface area contributed by atoms with Crippen molar-refractivity contribution in [1.82, 2.24) is 0 Å². The van der Waals surface area contributed by atoms with Crippen LogP contribution >= 0.6 is 0 Å². The molecule has 0 amide bonds.